The summed E-state index contributed by atoms with van der Waals surface area (Å²) in [6.45, 7) is 2.15. The molecule has 3 aromatic rings. The third-order valence-electron chi connectivity index (χ3n) is 4.73. The zero-order valence-corrected chi connectivity index (χ0v) is 16.3. The molecule has 0 unspecified atom stereocenters. The number of furan rings is 1. The monoisotopic (exact) mass is 389 g/mol. The van der Waals surface area contributed by atoms with E-state index in [2.05, 4.69) is 6.92 Å². The smallest absolute Gasteiger partial charge is 0.280 e. The molecule has 0 N–H and O–H groups in total. The Kier molecular flexibility index (Phi) is 6.74. The van der Waals surface area contributed by atoms with Crippen LogP contribution in [0.2, 0.25) is 0 Å². The van der Waals surface area contributed by atoms with Crippen molar-refractivity contribution >= 4 is 23.1 Å². The van der Waals surface area contributed by atoms with Crippen LogP contribution >= 0.6 is 0 Å². The average Bonchev–Trinajstić information content (AvgIpc) is 3.28. The molecule has 0 amide bonds. The van der Waals surface area contributed by atoms with Gasteiger partial charge in [-0.2, -0.15) is 0 Å². The minimum atomic E-state index is -0.516. The molecule has 0 spiro atoms. The number of carbonyl (C=O) groups is 1. The van der Waals surface area contributed by atoms with Gasteiger partial charge in [0.2, 0.25) is 0 Å². The largest absolute Gasteiger partial charge is 0.465 e. The SMILES string of the molecule is CCCCCC(=Cc1ccc([N+](=O)[O-])c(C(=O)c2ccccc2)c1)c1ccco1. The maximum atomic E-state index is 12.9. The quantitative estimate of drug-likeness (QED) is 0.180. The second-order valence-corrected chi connectivity index (χ2v) is 6.83. The van der Waals surface area contributed by atoms with Crippen LogP contribution in [0.25, 0.3) is 11.6 Å². The van der Waals surface area contributed by atoms with E-state index < -0.39 is 4.92 Å². The summed E-state index contributed by atoms with van der Waals surface area (Å²) in [5.41, 5.74) is 2.06. The number of nitro groups is 1. The fourth-order valence-electron chi connectivity index (χ4n) is 3.22. The lowest BCUT2D eigenvalue weighted by molar-refractivity contribution is -0.385. The Morgan fingerprint density at radius 2 is 1.86 bits per heavy atom. The second-order valence-electron chi connectivity index (χ2n) is 6.83. The minimum absolute atomic E-state index is 0.0855. The Morgan fingerprint density at radius 1 is 1.07 bits per heavy atom. The van der Waals surface area contributed by atoms with Crippen molar-refractivity contribution in [2.45, 2.75) is 32.6 Å². The number of allylic oxidation sites excluding steroid dienone is 1. The molecule has 0 radical (unpaired) electrons. The molecule has 29 heavy (non-hydrogen) atoms. The van der Waals surface area contributed by atoms with Gasteiger partial charge in [-0.05, 0) is 54.3 Å². The average molecular weight is 389 g/mol. The number of nitrogens with zero attached hydrogens (tertiary/aromatic N) is 1. The summed E-state index contributed by atoms with van der Waals surface area (Å²) in [5.74, 6) is 0.411. The zero-order valence-electron chi connectivity index (χ0n) is 16.3. The van der Waals surface area contributed by atoms with Crippen LogP contribution in [0.5, 0.6) is 0 Å². The van der Waals surface area contributed by atoms with Crippen LogP contribution in [-0.4, -0.2) is 10.7 Å². The molecule has 0 aliphatic rings. The number of unbranched alkanes of at least 4 members (excludes halogenated alkanes) is 2. The van der Waals surface area contributed by atoms with Crippen molar-refractivity contribution in [2.75, 3.05) is 0 Å². The van der Waals surface area contributed by atoms with Crippen LogP contribution in [-0.2, 0) is 0 Å². The van der Waals surface area contributed by atoms with Gasteiger partial charge in [0.1, 0.15) is 11.3 Å². The molecule has 0 saturated heterocycles. The molecule has 1 heterocycles. The molecule has 148 valence electrons. The highest BCUT2D eigenvalue weighted by Crippen LogP contribution is 2.28. The normalized spacial score (nSPS) is 11.4. The van der Waals surface area contributed by atoms with Crippen LogP contribution in [0.4, 0.5) is 5.69 Å². The number of benzene rings is 2. The summed E-state index contributed by atoms with van der Waals surface area (Å²) in [6, 6.07) is 17.0. The zero-order chi connectivity index (χ0) is 20.6. The van der Waals surface area contributed by atoms with E-state index in [1.165, 1.54) is 6.07 Å². The first kappa shape index (κ1) is 20.3. The van der Waals surface area contributed by atoms with E-state index in [-0.39, 0.29) is 17.0 Å². The van der Waals surface area contributed by atoms with Crippen LogP contribution < -0.4 is 0 Å². The minimum Gasteiger partial charge on any atom is -0.465 e. The van der Waals surface area contributed by atoms with Crippen LogP contribution in [0.15, 0.2) is 71.3 Å². The molecule has 0 fully saturated rings. The standard InChI is InChI=1S/C24H23NO4/c1-2-3-5-11-20(23-12-8-15-29-23)16-18-13-14-22(25(27)28)21(17-18)24(26)19-9-6-4-7-10-19/h4,6-10,12-17H,2-3,5,11H2,1H3. The van der Waals surface area contributed by atoms with Crippen molar-refractivity contribution < 1.29 is 14.1 Å². The topological polar surface area (TPSA) is 73.3 Å². The molecule has 2 aromatic carbocycles. The van der Waals surface area contributed by atoms with Crippen molar-refractivity contribution in [3.8, 4) is 0 Å². The van der Waals surface area contributed by atoms with E-state index in [1.807, 2.05) is 18.2 Å². The number of hydrogen-bond acceptors (Lipinski definition) is 4. The first-order valence-corrected chi connectivity index (χ1v) is 9.72. The molecule has 1 aromatic heterocycles. The lowest BCUT2D eigenvalue weighted by atomic mass is 9.97. The summed E-state index contributed by atoms with van der Waals surface area (Å²) in [6.07, 6.45) is 7.64. The second kappa shape index (κ2) is 9.64. The van der Waals surface area contributed by atoms with E-state index >= 15 is 0 Å². The summed E-state index contributed by atoms with van der Waals surface area (Å²) >= 11 is 0. The van der Waals surface area contributed by atoms with Gasteiger partial charge in [0, 0.05) is 11.6 Å². The lowest BCUT2D eigenvalue weighted by Crippen LogP contribution is -2.05. The van der Waals surface area contributed by atoms with Crippen molar-refractivity contribution in [2.24, 2.45) is 0 Å². The molecule has 0 saturated carbocycles. The highest BCUT2D eigenvalue weighted by Gasteiger charge is 2.21. The van der Waals surface area contributed by atoms with Gasteiger partial charge < -0.3 is 4.42 Å². The summed E-state index contributed by atoms with van der Waals surface area (Å²) in [4.78, 5) is 23.9. The first-order valence-electron chi connectivity index (χ1n) is 9.72. The van der Waals surface area contributed by atoms with Gasteiger partial charge in [0.15, 0.2) is 5.78 Å². The first-order chi connectivity index (χ1) is 14.1. The third-order valence-corrected chi connectivity index (χ3v) is 4.73. The lowest BCUT2D eigenvalue weighted by Gasteiger charge is -2.07. The van der Waals surface area contributed by atoms with Crippen molar-refractivity contribution in [1.29, 1.82) is 0 Å². The number of nitro benzene ring substituents is 1. The number of rotatable bonds is 9. The summed E-state index contributed by atoms with van der Waals surface area (Å²) < 4.78 is 5.56. The van der Waals surface area contributed by atoms with Gasteiger partial charge in [-0.1, -0.05) is 50.1 Å². The third kappa shape index (κ3) is 5.08. The fraction of sp³-hybridized carbons (Fsp3) is 0.208. The van der Waals surface area contributed by atoms with Gasteiger partial charge in [0.05, 0.1) is 11.2 Å². The van der Waals surface area contributed by atoms with Crippen LogP contribution in [0.3, 0.4) is 0 Å². The van der Waals surface area contributed by atoms with Crippen molar-refractivity contribution in [3.05, 3.63) is 99.5 Å². The predicted molar refractivity (Wildman–Crippen MR) is 114 cm³/mol. The van der Waals surface area contributed by atoms with Gasteiger partial charge in [0.25, 0.3) is 5.69 Å². The van der Waals surface area contributed by atoms with E-state index in [0.29, 0.717) is 5.56 Å². The number of carbonyl (C=O) groups excluding carboxylic acids is 1. The molecule has 5 nitrogen and oxygen atoms in total. The highest BCUT2D eigenvalue weighted by molar-refractivity contribution is 6.11. The van der Waals surface area contributed by atoms with E-state index in [9.17, 15) is 14.9 Å². The fourth-order valence-corrected chi connectivity index (χ4v) is 3.22. The van der Waals surface area contributed by atoms with Crippen LogP contribution in [0, 0.1) is 10.1 Å². The number of hydrogen-bond donors (Lipinski definition) is 0. The Bertz CT molecular complexity index is 1000. The Morgan fingerprint density at radius 3 is 2.52 bits per heavy atom. The summed E-state index contributed by atoms with van der Waals surface area (Å²) in [5, 5.41) is 11.5. The molecule has 0 atom stereocenters. The molecule has 3 rings (SSSR count). The molecule has 0 aliphatic carbocycles. The predicted octanol–water partition coefficient (Wildman–Crippen LogP) is 6.54. The molecule has 0 aliphatic heterocycles. The number of ketones is 1. The highest BCUT2D eigenvalue weighted by atomic mass is 16.6. The molecular formula is C24H23NO4. The van der Waals surface area contributed by atoms with E-state index in [0.717, 1.165) is 42.6 Å². The van der Waals surface area contributed by atoms with Gasteiger partial charge in [-0.25, -0.2) is 0 Å². The van der Waals surface area contributed by atoms with Gasteiger partial charge in [-0.3, -0.25) is 14.9 Å². The molecular weight excluding hydrogens is 366 g/mol. The Hall–Kier alpha value is -3.47. The molecule has 5 heteroatoms. The maximum absolute atomic E-state index is 12.9. The van der Waals surface area contributed by atoms with Crippen molar-refractivity contribution in [1.82, 2.24) is 0 Å². The van der Waals surface area contributed by atoms with Gasteiger partial charge >= 0.3 is 0 Å². The molecule has 0 bridgehead atoms. The van der Waals surface area contributed by atoms with Gasteiger partial charge in [-0.15, -0.1) is 0 Å². The van der Waals surface area contributed by atoms with E-state index in [4.69, 9.17) is 4.42 Å². The van der Waals surface area contributed by atoms with Crippen LogP contribution in [0.1, 0.15) is 59.9 Å². The van der Waals surface area contributed by atoms with E-state index in [1.54, 1.807) is 48.7 Å². The van der Waals surface area contributed by atoms with Crippen molar-refractivity contribution in [3.63, 3.8) is 0 Å². The Balaban J connectivity index is 2.01. The maximum Gasteiger partial charge on any atom is 0.280 e. The summed E-state index contributed by atoms with van der Waals surface area (Å²) in [7, 11) is 0. The Labute approximate surface area is 169 Å².